The van der Waals surface area contributed by atoms with Gasteiger partial charge in [0, 0.05) is 29.5 Å². The second-order valence-corrected chi connectivity index (χ2v) is 8.44. The predicted octanol–water partition coefficient (Wildman–Crippen LogP) is 4.98. The molecule has 1 aromatic heterocycles. The minimum Gasteiger partial charge on any atom is -0.478 e. The van der Waals surface area contributed by atoms with Crippen molar-refractivity contribution in [2.45, 2.75) is 26.2 Å². The lowest BCUT2D eigenvalue weighted by Gasteiger charge is -2.41. The molecule has 1 saturated heterocycles. The number of urea groups is 2. The van der Waals surface area contributed by atoms with E-state index < -0.39 is 24.3 Å². The third-order valence-corrected chi connectivity index (χ3v) is 5.62. The predicted molar refractivity (Wildman–Crippen MR) is 133 cm³/mol. The van der Waals surface area contributed by atoms with Crippen molar-refractivity contribution < 1.29 is 24.2 Å². The van der Waals surface area contributed by atoms with Crippen LogP contribution in [0.15, 0.2) is 66.9 Å². The van der Waals surface area contributed by atoms with Crippen LogP contribution in [0.4, 0.5) is 15.3 Å². The van der Waals surface area contributed by atoms with Gasteiger partial charge in [0.05, 0.1) is 12.1 Å². The monoisotopic (exact) mass is 509 g/mol. The van der Waals surface area contributed by atoms with E-state index in [2.05, 4.69) is 15.6 Å². The standard InChI is InChI=1S/C25H24ClN5O5/c1-2-13-30-24(34)29-23(31(25(30)35)15-16-3-6-18(26)7-4-16)28-19-8-10-20(11-9-19)36-21-12-5-17(14-27-21)22(32)33/h3-12,14,23,28H,2,13,15H2,1H3,(H,29,34)(H,32,33). The number of aromatic nitrogens is 1. The van der Waals surface area contributed by atoms with E-state index in [1.807, 2.05) is 19.1 Å². The molecule has 3 aromatic rings. The van der Waals surface area contributed by atoms with Crippen LogP contribution >= 0.6 is 11.6 Å². The Morgan fingerprint density at radius 1 is 1.11 bits per heavy atom. The third kappa shape index (κ3) is 5.84. The average molecular weight is 510 g/mol. The molecule has 3 N–H and O–H groups in total. The molecule has 11 heteroatoms. The Kier molecular flexibility index (Phi) is 7.55. The molecule has 4 rings (SSSR count). The Morgan fingerprint density at radius 3 is 2.44 bits per heavy atom. The molecule has 1 atom stereocenters. The van der Waals surface area contributed by atoms with Gasteiger partial charge in [0.25, 0.3) is 0 Å². The number of nitrogens with zero attached hydrogens (tertiary/aromatic N) is 3. The minimum absolute atomic E-state index is 0.0617. The summed E-state index contributed by atoms with van der Waals surface area (Å²) in [6, 6.07) is 16.0. The van der Waals surface area contributed by atoms with E-state index in [1.54, 1.807) is 41.3 Å². The number of carboxylic acids is 1. The van der Waals surface area contributed by atoms with Crippen LogP contribution in [0.1, 0.15) is 29.3 Å². The molecule has 1 aliphatic heterocycles. The maximum absolute atomic E-state index is 13.2. The topological polar surface area (TPSA) is 124 Å². The zero-order chi connectivity index (χ0) is 25.7. The number of nitrogens with one attached hydrogen (secondary N) is 2. The van der Waals surface area contributed by atoms with E-state index in [0.29, 0.717) is 29.4 Å². The van der Waals surface area contributed by atoms with E-state index in [-0.39, 0.29) is 18.0 Å². The summed E-state index contributed by atoms with van der Waals surface area (Å²) in [5.41, 5.74) is 1.56. The normalized spacial score (nSPS) is 15.4. The highest BCUT2D eigenvalue weighted by atomic mass is 35.5. The van der Waals surface area contributed by atoms with Gasteiger partial charge in [-0.25, -0.2) is 24.3 Å². The summed E-state index contributed by atoms with van der Waals surface area (Å²) >= 11 is 5.99. The molecule has 1 unspecified atom stereocenters. The molecule has 0 saturated carbocycles. The van der Waals surface area contributed by atoms with Crippen molar-refractivity contribution in [3.8, 4) is 11.6 Å². The van der Waals surface area contributed by atoms with Crippen LogP contribution in [0.5, 0.6) is 11.6 Å². The summed E-state index contributed by atoms with van der Waals surface area (Å²) in [5.74, 6) is -0.344. The van der Waals surface area contributed by atoms with Gasteiger partial charge in [-0.2, -0.15) is 0 Å². The lowest BCUT2D eigenvalue weighted by molar-refractivity contribution is 0.0696. The number of imide groups is 1. The summed E-state index contributed by atoms with van der Waals surface area (Å²) < 4.78 is 5.66. The maximum Gasteiger partial charge on any atom is 0.337 e. The van der Waals surface area contributed by atoms with Crippen LogP contribution in [0.2, 0.25) is 5.02 Å². The van der Waals surface area contributed by atoms with E-state index >= 15 is 0 Å². The largest absolute Gasteiger partial charge is 0.478 e. The van der Waals surface area contributed by atoms with Gasteiger partial charge in [-0.3, -0.25) is 10.2 Å². The molecule has 10 nitrogen and oxygen atoms in total. The zero-order valence-corrected chi connectivity index (χ0v) is 20.1. The van der Waals surface area contributed by atoms with Crippen molar-refractivity contribution in [3.05, 3.63) is 83.0 Å². The second kappa shape index (κ2) is 11.0. The van der Waals surface area contributed by atoms with Gasteiger partial charge in [-0.05, 0) is 54.4 Å². The minimum atomic E-state index is -1.07. The van der Waals surface area contributed by atoms with Crippen LogP contribution in [-0.4, -0.2) is 50.8 Å². The molecular weight excluding hydrogens is 486 g/mol. The number of halogens is 1. The summed E-state index contributed by atoms with van der Waals surface area (Å²) in [6.07, 6.45) is 1.07. The molecule has 0 aliphatic carbocycles. The van der Waals surface area contributed by atoms with Gasteiger partial charge in [-0.1, -0.05) is 30.7 Å². The highest BCUT2D eigenvalue weighted by Gasteiger charge is 2.37. The number of rotatable bonds is 9. The first kappa shape index (κ1) is 24.8. The van der Waals surface area contributed by atoms with Crippen molar-refractivity contribution in [2.75, 3.05) is 11.9 Å². The molecule has 1 aliphatic rings. The highest BCUT2D eigenvalue weighted by molar-refractivity contribution is 6.30. The van der Waals surface area contributed by atoms with E-state index in [0.717, 1.165) is 5.56 Å². The van der Waals surface area contributed by atoms with Gasteiger partial charge in [0.15, 0.2) is 6.29 Å². The fraction of sp³-hybridized carbons (Fsp3) is 0.200. The lowest BCUT2D eigenvalue weighted by atomic mass is 10.2. The number of ether oxygens (including phenoxy) is 1. The Hall–Kier alpha value is -4.31. The van der Waals surface area contributed by atoms with Gasteiger partial charge >= 0.3 is 18.0 Å². The average Bonchev–Trinajstić information content (AvgIpc) is 2.87. The number of carboxylic acid groups (broad SMARTS) is 1. The Bertz CT molecular complexity index is 1240. The van der Waals surface area contributed by atoms with Crippen LogP contribution in [0.3, 0.4) is 0 Å². The smallest absolute Gasteiger partial charge is 0.337 e. The van der Waals surface area contributed by atoms with E-state index in [9.17, 15) is 14.4 Å². The van der Waals surface area contributed by atoms with Gasteiger partial charge in [-0.15, -0.1) is 0 Å². The molecule has 2 aromatic carbocycles. The lowest BCUT2D eigenvalue weighted by Crippen LogP contribution is -2.67. The van der Waals surface area contributed by atoms with Gasteiger partial charge in [0.1, 0.15) is 5.75 Å². The Balaban J connectivity index is 1.48. The van der Waals surface area contributed by atoms with Crippen LogP contribution in [0.25, 0.3) is 0 Å². The van der Waals surface area contributed by atoms with E-state index in [1.165, 1.54) is 23.2 Å². The second-order valence-electron chi connectivity index (χ2n) is 8.00. The molecular formula is C25H24ClN5O5. The van der Waals surface area contributed by atoms with Gasteiger partial charge in [0.2, 0.25) is 5.88 Å². The van der Waals surface area contributed by atoms with Crippen molar-refractivity contribution in [1.82, 2.24) is 20.1 Å². The third-order valence-electron chi connectivity index (χ3n) is 5.37. The van der Waals surface area contributed by atoms with Crippen molar-refractivity contribution >= 4 is 35.3 Å². The number of hydrogen-bond acceptors (Lipinski definition) is 6. The molecule has 0 radical (unpaired) electrons. The summed E-state index contributed by atoms with van der Waals surface area (Å²) in [5, 5.41) is 15.6. The molecule has 2 heterocycles. The Morgan fingerprint density at radius 2 is 1.83 bits per heavy atom. The van der Waals surface area contributed by atoms with E-state index in [4.69, 9.17) is 21.4 Å². The molecule has 1 fully saturated rings. The Labute approximate surface area is 212 Å². The zero-order valence-electron chi connectivity index (χ0n) is 19.3. The van der Waals surface area contributed by atoms with Crippen LogP contribution in [0, 0.1) is 0 Å². The fourth-order valence-corrected chi connectivity index (χ4v) is 3.70. The number of pyridine rings is 1. The first-order valence-corrected chi connectivity index (χ1v) is 11.6. The highest BCUT2D eigenvalue weighted by Crippen LogP contribution is 2.24. The van der Waals surface area contributed by atoms with Crippen LogP contribution < -0.4 is 15.4 Å². The van der Waals surface area contributed by atoms with Gasteiger partial charge < -0.3 is 15.2 Å². The number of amides is 4. The number of anilines is 1. The molecule has 4 amide bonds. The SMILES string of the molecule is CCCN1C(=O)NC(Nc2ccc(Oc3ccc(C(=O)O)cn3)cc2)N(Cc2ccc(Cl)cc2)C1=O. The fourth-order valence-electron chi connectivity index (χ4n) is 3.57. The van der Waals surface area contributed by atoms with Crippen molar-refractivity contribution in [3.63, 3.8) is 0 Å². The number of hydrogen-bond donors (Lipinski definition) is 3. The number of aromatic carboxylic acids is 1. The molecule has 36 heavy (non-hydrogen) atoms. The summed E-state index contributed by atoms with van der Waals surface area (Å²) in [6.45, 7) is 2.46. The number of benzene rings is 2. The van der Waals surface area contributed by atoms with Crippen molar-refractivity contribution in [2.24, 2.45) is 0 Å². The molecule has 186 valence electrons. The maximum atomic E-state index is 13.2. The first-order valence-electron chi connectivity index (χ1n) is 11.2. The summed E-state index contributed by atoms with van der Waals surface area (Å²) in [7, 11) is 0. The van der Waals surface area contributed by atoms with Crippen molar-refractivity contribution in [1.29, 1.82) is 0 Å². The first-order chi connectivity index (χ1) is 17.3. The summed E-state index contributed by atoms with van der Waals surface area (Å²) in [4.78, 5) is 43.5. The number of carbonyl (C=O) groups is 3. The molecule has 0 bridgehead atoms. The quantitative estimate of drug-likeness (QED) is 0.371. The van der Waals surface area contributed by atoms with Crippen LogP contribution in [-0.2, 0) is 6.54 Å². The number of carbonyl (C=O) groups excluding carboxylic acids is 2. The molecule has 0 spiro atoms.